The molecule has 2 aliphatic heterocycles. The second kappa shape index (κ2) is 9.26. The summed E-state index contributed by atoms with van der Waals surface area (Å²) in [6, 6.07) is 7.80. The van der Waals surface area contributed by atoms with E-state index in [9.17, 15) is 9.59 Å². The fourth-order valence-corrected chi connectivity index (χ4v) is 6.09. The highest BCUT2D eigenvalue weighted by Crippen LogP contribution is 2.46. The van der Waals surface area contributed by atoms with Crippen molar-refractivity contribution < 1.29 is 19.1 Å². The number of hydrogen-bond donors (Lipinski definition) is 0. The molecule has 39 heavy (non-hydrogen) atoms. The SMILES string of the molecule is COc1cc2c(cc1-c1ccn(C)n1)-c1c(c(C(=O)N3CCN(C(C)=O)CC3(C)C)nn1-c1ccsc1)CO2. The summed E-state index contributed by atoms with van der Waals surface area (Å²) in [7, 11) is 3.50. The first-order chi connectivity index (χ1) is 18.7. The number of hydrogen-bond acceptors (Lipinski definition) is 7. The zero-order chi connectivity index (χ0) is 27.5. The first kappa shape index (κ1) is 25.2. The highest BCUT2D eigenvalue weighted by atomic mass is 32.1. The third-order valence-corrected chi connectivity index (χ3v) is 8.12. The van der Waals surface area contributed by atoms with Gasteiger partial charge in [-0.1, -0.05) is 0 Å². The molecule has 6 rings (SSSR count). The quantitative estimate of drug-likeness (QED) is 0.384. The molecule has 1 saturated heterocycles. The van der Waals surface area contributed by atoms with Gasteiger partial charge in [-0.15, -0.1) is 0 Å². The van der Waals surface area contributed by atoms with Crippen molar-refractivity contribution >= 4 is 23.2 Å². The van der Waals surface area contributed by atoms with Crippen molar-refractivity contribution in [1.82, 2.24) is 29.4 Å². The molecule has 0 N–H and O–H groups in total. The number of piperazine rings is 1. The van der Waals surface area contributed by atoms with Gasteiger partial charge < -0.3 is 19.3 Å². The molecule has 0 unspecified atom stereocenters. The third-order valence-electron chi connectivity index (χ3n) is 7.45. The Morgan fingerprint density at radius 2 is 1.95 bits per heavy atom. The molecule has 202 valence electrons. The number of thiophene rings is 1. The Hall–Kier alpha value is -4.12. The summed E-state index contributed by atoms with van der Waals surface area (Å²) in [5, 5.41) is 13.5. The number of rotatable bonds is 4. The van der Waals surface area contributed by atoms with E-state index in [1.807, 2.05) is 71.7 Å². The van der Waals surface area contributed by atoms with Crippen molar-refractivity contribution in [2.24, 2.45) is 7.05 Å². The van der Waals surface area contributed by atoms with Gasteiger partial charge in [0.05, 0.1) is 29.7 Å². The molecule has 10 nitrogen and oxygen atoms in total. The summed E-state index contributed by atoms with van der Waals surface area (Å²) in [5.74, 6) is 1.15. The summed E-state index contributed by atoms with van der Waals surface area (Å²) in [4.78, 5) is 29.8. The van der Waals surface area contributed by atoms with Crippen LogP contribution in [-0.4, -0.2) is 73.5 Å². The lowest BCUT2D eigenvalue weighted by Gasteiger charge is -2.46. The van der Waals surface area contributed by atoms with E-state index in [0.717, 1.165) is 33.8 Å². The van der Waals surface area contributed by atoms with Crippen molar-refractivity contribution in [2.75, 3.05) is 26.7 Å². The van der Waals surface area contributed by atoms with Crippen LogP contribution in [0.3, 0.4) is 0 Å². The van der Waals surface area contributed by atoms with Gasteiger partial charge in [0.1, 0.15) is 18.1 Å². The van der Waals surface area contributed by atoms with Gasteiger partial charge in [0.15, 0.2) is 5.69 Å². The monoisotopic (exact) mass is 546 g/mol. The van der Waals surface area contributed by atoms with Crippen LogP contribution in [0.2, 0.25) is 0 Å². The van der Waals surface area contributed by atoms with Gasteiger partial charge in [-0.25, -0.2) is 4.68 Å². The van der Waals surface area contributed by atoms with Crippen molar-refractivity contribution in [2.45, 2.75) is 32.9 Å². The maximum Gasteiger partial charge on any atom is 0.275 e. The second-order valence-electron chi connectivity index (χ2n) is 10.5. The molecule has 0 atom stereocenters. The van der Waals surface area contributed by atoms with Gasteiger partial charge in [0, 0.05) is 67.9 Å². The number of carbonyl (C=O) groups excluding carboxylic acids is 2. The summed E-state index contributed by atoms with van der Waals surface area (Å²) < 4.78 is 15.5. The topological polar surface area (TPSA) is 94.7 Å². The maximum absolute atomic E-state index is 14.1. The molecule has 3 aromatic heterocycles. The van der Waals surface area contributed by atoms with E-state index in [1.54, 1.807) is 35.0 Å². The Kier molecular flexibility index (Phi) is 5.98. The van der Waals surface area contributed by atoms with Crippen LogP contribution in [-0.2, 0) is 18.4 Å². The summed E-state index contributed by atoms with van der Waals surface area (Å²) in [6.45, 7) is 7.13. The normalized spacial score (nSPS) is 15.9. The van der Waals surface area contributed by atoms with Gasteiger partial charge in [-0.3, -0.25) is 14.3 Å². The van der Waals surface area contributed by atoms with Gasteiger partial charge in [0.25, 0.3) is 5.91 Å². The molecular formula is C28H30N6O4S. The van der Waals surface area contributed by atoms with Crippen LogP contribution in [0.25, 0.3) is 28.2 Å². The third kappa shape index (κ3) is 4.17. The van der Waals surface area contributed by atoms with Crippen LogP contribution in [0.5, 0.6) is 11.5 Å². The van der Waals surface area contributed by atoms with Gasteiger partial charge in [-0.05, 0) is 37.4 Å². The zero-order valence-electron chi connectivity index (χ0n) is 22.6. The molecule has 2 amide bonds. The number of aromatic nitrogens is 4. The molecular weight excluding hydrogens is 516 g/mol. The average Bonchev–Trinajstić information content (AvgIpc) is 3.66. The highest BCUT2D eigenvalue weighted by Gasteiger charge is 2.41. The van der Waals surface area contributed by atoms with Gasteiger partial charge in [-0.2, -0.15) is 21.5 Å². The number of carbonyl (C=O) groups is 2. The van der Waals surface area contributed by atoms with Crippen LogP contribution < -0.4 is 9.47 Å². The minimum atomic E-state index is -0.549. The molecule has 0 aliphatic carbocycles. The van der Waals surface area contributed by atoms with E-state index in [0.29, 0.717) is 36.8 Å². The van der Waals surface area contributed by atoms with Crippen LogP contribution in [0.15, 0.2) is 41.2 Å². The lowest BCUT2D eigenvalue weighted by Crippen LogP contribution is -2.61. The highest BCUT2D eigenvalue weighted by molar-refractivity contribution is 7.08. The molecule has 1 fully saturated rings. The lowest BCUT2D eigenvalue weighted by molar-refractivity contribution is -0.133. The molecule has 0 radical (unpaired) electrons. The summed E-state index contributed by atoms with van der Waals surface area (Å²) >= 11 is 1.57. The number of aryl methyl sites for hydroxylation is 1. The fraction of sp³-hybridized carbons (Fsp3) is 0.357. The first-order valence-electron chi connectivity index (χ1n) is 12.7. The molecule has 4 aromatic rings. The van der Waals surface area contributed by atoms with E-state index < -0.39 is 5.54 Å². The molecule has 1 aromatic carbocycles. The molecule has 0 saturated carbocycles. The van der Waals surface area contributed by atoms with E-state index in [4.69, 9.17) is 14.6 Å². The standard InChI is InChI=1S/C28H30N6O4S/c1-17(35)32-9-10-33(28(2,3)16-32)27(36)25-21-14-38-24-13-23(37-5)19(22-6-8-31(4)29-22)12-20(24)26(21)34(30-25)18-7-11-39-15-18/h6-8,11-13,15H,9-10,14,16H2,1-5H3. The molecule has 11 heteroatoms. The van der Waals surface area contributed by atoms with Crippen LogP contribution in [0, 0.1) is 0 Å². The molecule has 5 heterocycles. The Balaban J connectivity index is 1.50. The summed E-state index contributed by atoms with van der Waals surface area (Å²) in [5.41, 5.74) is 4.65. The minimum absolute atomic E-state index is 0.0124. The van der Waals surface area contributed by atoms with Crippen molar-refractivity contribution in [3.63, 3.8) is 0 Å². The van der Waals surface area contributed by atoms with Crippen LogP contribution in [0.1, 0.15) is 36.8 Å². The predicted molar refractivity (Wildman–Crippen MR) is 147 cm³/mol. The number of amides is 2. The maximum atomic E-state index is 14.1. The minimum Gasteiger partial charge on any atom is -0.496 e. The van der Waals surface area contributed by atoms with Crippen LogP contribution >= 0.6 is 11.3 Å². The Labute approximate surface area is 230 Å². The van der Waals surface area contributed by atoms with Gasteiger partial charge in [0.2, 0.25) is 5.91 Å². The van der Waals surface area contributed by atoms with Crippen molar-refractivity contribution in [1.29, 1.82) is 0 Å². The van der Waals surface area contributed by atoms with Gasteiger partial charge >= 0.3 is 0 Å². The number of nitrogens with zero attached hydrogens (tertiary/aromatic N) is 6. The fourth-order valence-electron chi connectivity index (χ4n) is 5.47. The molecule has 2 aliphatic rings. The molecule has 0 spiro atoms. The smallest absolute Gasteiger partial charge is 0.275 e. The van der Waals surface area contributed by atoms with E-state index >= 15 is 0 Å². The van der Waals surface area contributed by atoms with E-state index in [1.165, 1.54) is 0 Å². The van der Waals surface area contributed by atoms with E-state index in [-0.39, 0.29) is 18.4 Å². The number of ether oxygens (including phenoxy) is 2. The van der Waals surface area contributed by atoms with E-state index in [2.05, 4.69) is 5.10 Å². The largest absolute Gasteiger partial charge is 0.496 e. The number of benzene rings is 1. The predicted octanol–water partition coefficient (Wildman–Crippen LogP) is 3.99. The lowest BCUT2D eigenvalue weighted by atomic mass is 9.95. The Morgan fingerprint density at radius 1 is 1.13 bits per heavy atom. The van der Waals surface area contributed by atoms with Crippen molar-refractivity contribution in [3.8, 4) is 39.7 Å². The zero-order valence-corrected chi connectivity index (χ0v) is 23.4. The Bertz CT molecular complexity index is 1590. The first-order valence-corrected chi connectivity index (χ1v) is 13.7. The average molecular weight is 547 g/mol. The molecule has 0 bridgehead atoms. The number of fused-ring (bicyclic) bond motifs is 3. The van der Waals surface area contributed by atoms with Crippen LogP contribution in [0.4, 0.5) is 0 Å². The second-order valence-corrected chi connectivity index (χ2v) is 11.3. The Morgan fingerprint density at radius 3 is 2.59 bits per heavy atom. The summed E-state index contributed by atoms with van der Waals surface area (Å²) in [6.07, 6.45) is 1.89. The number of methoxy groups -OCH3 is 1. The van der Waals surface area contributed by atoms with Crippen molar-refractivity contribution in [3.05, 3.63) is 52.5 Å².